The zero-order valence-corrected chi connectivity index (χ0v) is 12.7. The number of halogens is 2. The molecule has 0 spiro atoms. The molecule has 0 radical (unpaired) electrons. The van der Waals surface area contributed by atoms with Gasteiger partial charge in [0.15, 0.2) is 0 Å². The Hall–Kier alpha value is -1.72. The SMILES string of the molecule is COC(=O)c1cc2c(Cl)cc(C3=CCC=NC3)c(F)c2s1. The predicted molar refractivity (Wildman–Crippen MR) is 84.1 cm³/mol. The Morgan fingerprint density at radius 1 is 1.48 bits per heavy atom. The molecule has 1 aromatic carbocycles. The van der Waals surface area contributed by atoms with E-state index in [2.05, 4.69) is 9.73 Å². The van der Waals surface area contributed by atoms with E-state index in [9.17, 15) is 9.18 Å². The van der Waals surface area contributed by atoms with Gasteiger partial charge >= 0.3 is 5.97 Å². The van der Waals surface area contributed by atoms with Crippen molar-refractivity contribution in [3.05, 3.63) is 39.5 Å². The van der Waals surface area contributed by atoms with Crippen molar-refractivity contribution in [2.75, 3.05) is 13.7 Å². The molecule has 1 aromatic heterocycles. The highest BCUT2D eigenvalue weighted by Crippen LogP contribution is 2.38. The molecular weight excluding hydrogens is 313 g/mol. The number of ether oxygens (including phenoxy) is 1. The molecule has 0 atom stereocenters. The minimum atomic E-state index is -0.491. The molecule has 2 heterocycles. The summed E-state index contributed by atoms with van der Waals surface area (Å²) in [5, 5.41) is 0.950. The second-order valence-electron chi connectivity index (χ2n) is 4.55. The van der Waals surface area contributed by atoms with Crippen molar-refractivity contribution in [3.63, 3.8) is 0 Å². The van der Waals surface area contributed by atoms with Crippen LogP contribution in [0.2, 0.25) is 5.02 Å². The second kappa shape index (κ2) is 5.58. The topological polar surface area (TPSA) is 38.7 Å². The van der Waals surface area contributed by atoms with Crippen molar-refractivity contribution >= 4 is 50.8 Å². The Kier molecular flexibility index (Phi) is 3.78. The van der Waals surface area contributed by atoms with Crippen LogP contribution in [0.1, 0.15) is 21.7 Å². The number of hydrogen-bond donors (Lipinski definition) is 0. The van der Waals surface area contributed by atoms with E-state index in [0.717, 1.165) is 16.9 Å². The number of carbonyl (C=O) groups is 1. The number of hydrogen-bond acceptors (Lipinski definition) is 4. The molecule has 0 unspecified atom stereocenters. The summed E-state index contributed by atoms with van der Waals surface area (Å²) in [4.78, 5) is 16.1. The van der Waals surface area contributed by atoms with Crippen LogP contribution < -0.4 is 0 Å². The number of allylic oxidation sites excluding steroid dienone is 1. The fourth-order valence-electron chi connectivity index (χ4n) is 2.25. The van der Waals surface area contributed by atoms with Crippen LogP contribution >= 0.6 is 22.9 Å². The van der Waals surface area contributed by atoms with Gasteiger partial charge in [0.2, 0.25) is 0 Å². The van der Waals surface area contributed by atoms with E-state index in [1.165, 1.54) is 7.11 Å². The summed E-state index contributed by atoms with van der Waals surface area (Å²) in [6.45, 7) is 0.438. The van der Waals surface area contributed by atoms with Crippen molar-refractivity contribution in [2.24, 2.45) is 4.99 Å². The third-order valence-electron chi connectivity index (χ3n) is 3.29. The molecule has 108 valence electrons. The molecule has 0 saturated carbocycles. The molecule has 3 nitrogen and oxygen atoms in total. The first-order chi connectivity index (χ1) is 10.1. The highest BCUT2D eigenvalue weighted by atomic mass is 35.5. The van der Waals surface area contributed by atoms with Gasteiger partial charge in [-0.1, -0.05) is 17.7 Å². The third-order valence-corrected chi connectivity index (χ3v) is 4.71. The fraction of sp³-hybridized carbons (Fsp3) is 0.200. The molecule has 21 heavy (non-hydrogen) atoms. The number of esters is 1. The minimum absolute atomic E-state index is 0.334. The van der Waals surface area contributed by atoms with E-state index in [1.54, 1.807) is 18.3 Å². The van der Waals surface area contributed by atoms with Crippen molar-refractivity contribution in [2.45, 2.75) is 6.42 Å². The van der Waals surface area contributed by atoms with Crippen LogP contribution in [0.25, 0.3) is 15.7 Å². The van der Waals surface area contributed by atoms with Gasteiger partial charge in [0.25, 0.3) is 0 Å². The Morgan fingerprint density at radius 2 is 2.29 bits per heavy atom. The number of carbonyl (C=O) groups excluding carboxylic acids is 1. The average Bonchev–Trinajstić information content (AvgIpc) is 2.97. The highest BCUT2D eigenvalue weighted by molar-refractivity contribution is 7.20. The van der Waals surface area contributed by atoms with Gasteiger partial charge in [-0.05, 0) is 17.7 Å². The minimum Gasteiger partial charge on any atom is -0.465 e. The van der Waals surface area contributed by atoms with E-state index in [4.69, 9.17) is 11.6 Å². The van der Waals surface area contributed by atoms with Gasteiger partial charge in [-0.3, -0.25) is 4.99 Å². The maximum absolute atomic E-state index is 14.7. The van der Waals surface area contributed by atoms with Gasteiger partial charge in [-0.2, -0.15) is 0 Å². The molecule has 2 aromatic rings. The largest absolute Gasteiger partial charge is 0.465 e. The van der Waals surface area contributed by atoms with Gasteiger partial charge in [0.05, 0.1) is 23.4 Å². The summed E-state index contributed by atoms with van der Waals surface area (Å²) < 4.78 is 19.8. The summed E-state index contributed by atoms with van der Waals surface area (Å²) in [6.07, 6.45) is 4.41. The zero-order valence-electron chi connectivity index (χ0n) is 11.2. The number of benzene rings is 1. The first-order valence-electron chi connectivity index (χ1n) is 6.29. The van der Waals surface area contributed by atoms with E-state index in [-0.39, 0.29) is 5.82 Å². The van der Waals surface area contributed by atoms with Gasteiger partial charge in [-0.25, -0.2) is 9.18 Å². The van der Waals surface area contributed by atoms with Crippen LogP contribution in [-0.4, -0.2) is 25.8 Å². The summed E-state index contributed by atoms with van der Waals surface area (Å²) in [7, 11) is 1.29. The monoisotopic (exact) mass is 323 g/mol. The Morgan fingerprint density at radius 3 is 2.95 bits per heavy atom. The zero-order chi connectivity index (χ0) is 15.0. The Labute approximate surface area is 129 Å². The third kappa shape index (κ3) is 2.47. The number of thiophene rings is 1. The van der Waals surface area contributed by atoms with Crippen molar-refractivity contribution in [3.8, 4) is 0 Å². The molecule has 0 aliphatic carbocycles. The first-order valence-corrected chi connectivity index (χ1v) is 7.49. The maximum atomic E-state index is 14.7. The Balaban J connectivity index is 2.18. The Bertz CT molecular complexity index is 795. The van der Waals surface area contributed by atoms with Crippen LogP contribution in [-0.2, 0) is 4.74 Å². The standard InChI is InChI=1S/C15H11ClFNO2S/c1-20-15(19)12-6-10-11(16)5-9(13(17)14(10)21-12)8-3-2-4-18-7-8/h3-6H,2,7H2,1H3. The summed E-state index contributed by atoms with van der Waals surface area (Å²) >= 11 is 7.29. The quantitative estimate of drug-likeness (QED) is 0.771. The number of fused-ring (bicyclic) bond motifs is 1. The van der Waals surface area contributed by atoms with E-state index in [0.29, 0.717) is 38.5 Å². The lowest BCUT2D eigenvalue weighted by Crippen LogP contribution is -1.98. The molecule has 0 amide bonds. The number of dihydropyridines is 1. The van der Waals surface area contributed by atoms with Gasteiger partial charge in [0.1, 0.15) is 10.7 Å². The van der Waals surface area contributed by atoms with Gasteiger partial charge < -0.3 is 4.74 Å². The van der Waals surface area contributed by atoms with Crippen LogP contribution in [0, 0.1) is 5.82 Å². The molecule has 1 aliphatic heterocycles. The van der Waals surface area contributed by atoms with Gasteiger partial charge in [-0.15, -0.1) is 11.3 Å². The number of methoxy groups -OCH3 is 1. The van der Waals surface area contributed by atoms with Crippen molar-refractivity contribution in [1.82, 2.24) is 0 Å². The number of aliphatic imine (C=N–C) groups is 1. The van der Waals surface area contributed by atoms with E-state index >= 15 is 0 Å². The van der Waals surface area contributed by atoms with Crippen LogP contribution in [0.4, 0.5) is 4.39 Å². The molecule has 3 rings (SSSR count). The van der Waals surface area contributed by atoms with E-state index in [1.807, 2.05) is 6.08 Å². The summed E-state index contributed by atoms with van der Waals surface area (Å²) in [6, 6.07) is 3.16. The molecule has 0 saturated heterocycles. The second-order valence-corrected chi connectivity index (χ2v) is 6.01. The molecule has 0 N–H and O–H groups in total. The predicted octanol–water partition coefficient (Wildman–Crippen LogP) is 4.34. The lowest BCUT2D eigenvalue weighted by atomic mass is 10.0. The number of nitrogens with zero attached hydrogens (tertiary/aromatic N) is 1. The smallest absolute Gasteiger partial charge is 0.348 e. The van der Waals surface area contributed by atoms with Gasteiger partial charge in [0, 0.05) is 23.6 Å². The average molecular weight is 324 g/mol. The van der Waals surface area contributed by atoms with Crippen LogP contribution in [0.15, 0.2) is 23.2 Å². The van der Waals surface area contributed by atoms with Crippen LogP contribution in [0.5, 0.6) is 0 Å². The molecule has 0 fully saturated rings. The lowest BCUT2D eigenvalue weighted by Gasteiger charge is -2.11. The molecule has 0 bridgehead atoms. The van der Waals surface area contributed by atoms with Crippen molar-refractivity contribution < 1.29 is 13.9 Å². The summed E-state index contributed by atoms with van der Waals surface area (Å²) in [5.74, 6) is -0.854. The normalized spacial score (nSPS) is 14.3. The first kappa shape index (κ1) is 14.2. The summed E-state index contributed by atoms with van der Waals surface area (Å²) in [5.41, 5.74) is 1.26. The van der Waals surface area contributed by atoms with Crippen LogP contribution in [0.3, 0.4) is 0 Å². The number of rotatable bonds is 2. The van der Waals surface area contributed by atoms with E-state index < -0.39 is 5.97 Å². The molecular formula is C15H11ClFNO2S. The molecule has 6 heteroatoms. The highest BCUT2D eigenvalue weighted by Gasteiger charge is 2.20. The maximum Gasteiger partial charge on any atom is 0.348 e. The fourth-order valence-corrected chi connectivity index (χ4v) is 3.60. The lowest BCUT2D eigenvalue weighted by molar-refractivity contribution is 0.0606. The van der Waals surface area contributed by atoms with Crippen molar-refractivity contribution in [1.29, 1.82) is 0 Å². The molecule has 1 aliphatic rings.